The van der Waals surface area contributed by atoms with Crippen LogP contribution in [0.25, 0.3) is 0 Å². The number of ketones is 1. The molecule has 2 N–H and O–H groups in total. The van der Waals surface area contributed by atoms with Crippen molar-refractivity contribution < 1.29 is 19.4 Å². The summed E-state index contributed by atoms with van der Waals surface area (Å²) in [5, 5.41) is 17.7. The third-order valence-corrected chi connectivity index (χ3v) is 7.24. The largest absolute Gasteiger partial charge is 0.454 e. The smallest absolute Gasteiger partial charge is 0.168 e. The molecule has 0 amide bonds. The molecule has 3 heterocycles. The van der Waals surface area contributed by atoms with Crippen LogP contribution in [0, 0.1) is 6.92 Å². The lowest BCUT2D eigenvalue weighted by Gasteiger charge is -2.25. The van der Waals surface area contributed by atoms with E-state index in [9.17, 15) is 9.90 Å². The summed E-state index contributed by atoms with van der Waals surface area (Å²) < 4.78 is 14.0. The lowest BCUT2D eigenvalue weighted by atomic mass is 9.78. The molecule has 2 aromatic heterocycles. The molecule has 0 bridgehead atoms. The summed E-state index contributed by atoms with van der Waals surface area (Å²) in [6, 6.07) is 10.1. The number of hydrogen-bond donors (Lipinski definition) is 2. The van der Waals surface area contributed by atoms with Crippen LogP contribution in [0.1, 0.15) is 68.3 Å². The summed E-state index contributed by atoms with van der Waals surface area (Å²) in [6.07, 6.45) is 7.97. The van der Waals surface area contributed by atoms with Crippen molar-refractivity contribution in [3.8, 4) is 11.5 Å². The number of nitrogens with zero attached hydrogens (tertiary/aromatic N) is 3. The van der Waals surface area contributed by atoms with Crippen LogP contribution >= 0.6 is 0 Å². The monoisotopic (exact) mass is 490 g/mol. The van der Waals surface area contributed by atoms with E-state index in [4.69, 9.17) is 14.6 Å². The summed E-state index contributed by atoms with van der Waals surface area (Å²) in [6.45, 7) is 6.66. The number of hydrogen-bond acceptors (Lipinski definition) is 7. The summed E-state index contributed by atoms with van der Waals surface area (Å²) in [4.78, 5) is 16.8. The normalized spacial score (nSPS) is 16.7. The summed E-state index contributed by atoms with van der Waals surface area (Å²) in [5.74, 6) is 2.23. The number of nitrogens with one attached hydrogen (secondary N) is 1. The first-order valence-corrected chi connectivity index (χ1v) is 12.7. The number of Topliss-reactive ketones (excluding diaryl/α,β-unsaturated/α-hetero) is 1. The van der Waals surface area contributed by atoms with E-state index in [1.807, 2.05) is 57.3 Å². The molecule has 0 radical (unpaired) electrons. The van der Waals surface area contributed by atoms with Gasteiger partial charge >= 0.3 is 0 Å². The molecule has 1 aliphatic heterocycles. The highest BCUT2D eigenvalue weighted by atomic mass is 16.5. The van der Waals surface area contributed by atoms with Crippen molar-refractivity contribution in [3.63, 3.8) is 0 Å². The maximum Gasteiger partial charge on any atom is 0.168 e. The maximum atomic E-state index is 12.4. The van der Waals surface area contributed by atoms with Gasteiger partial charge in [0.15, 0.2) is 11.5 Å². The number of rotatable bonds is 9. The van der Waals surface area contributed by atoms with Gasteiger partial charge in [-0.15, -0.1) is 0 Å². The quantitative estimate of drug-likeness (QED) is 0.426. The Hall–Kier alpha value is -3.23. The van der Waals surface area contributed by atoms with E-state index in [1.165, 1.54) is 0 Å². The lowest BCUT2D eigenvalue weighted by molar-refractivity contribution is -0.126. The first-order valence-electron chi connectivity index (χ1n) is 12.7. The van der Waals surface area contributed by atoms with Gasteiger partial charge in [-0.2, -0.15) is 5.10 Å². The number of pyridine rings is 1. The molecule has 8 nitrogen and oxygen atoms in total. The molecule has 36 heavy (non-hydrogen) atoms. The number of ether oxygens (including phenoxy) is 2. The highest BCUT2D eigenvalue weighted by Gasteiger charge is 2.31. The molecule has 5 rings (SSSR count). The Morgan fingerprint density at radius 2 is 1.97 bits per heavy atom. The van der Waals surface area contributed by atoms with E-state index in [-0.39, 0.29) is 5.78 Å². The van der Waals surface area contributed by atoms with Gasteiger partial charge in [-0.3, -0.25) is 9.48 Å². The van der Waals surface area contributed by atoms with Crippen LogP contribution in [-0.4, -0.2) is 45.5 Å². The van der Waals surface area contributed by atoms with Gasteiger partial charge in [-0.05, 0) is 75.8 Å². The summed E-state index contributed by atoms with van der Waals surface area (Å²) in [7, 11) is 0. The van der Waals surface area contributed by atoms with Gasteiger partial charge in [-0.25, -0.2) is 4.98 Å². The minimum absolute atomic E-state index is 0.219. The van der Waals surface area contributed by atoms with Crippen LogP contribution < -0.4 is 10.1 Å². The third-order valence-electron chi connectivity index (χ3n) is 7.24. The molecule has 0 spiro atoms. The Kier molecular flexibility index (Phi) is 6.81. The zero-order valence-electron chi connectivity index (χ0n) is 21.2. The molecule has 0 atom stereocenters. The molecule has 1 saturated carbocycles. The Morgan fingerprint density at radius 3 is 2.69 bits per heavy atom. The lowest BCUT2D eigenvalue weighted by Crippen LogP contribution is -2.32. The highest BCUT2D eigenvalue weighted by molar-refractivity contribution is 5.90. The second kappa shape index (κ2) is 10.0. The van der Waals surface area contributed by atoms with Crippen molar-refractivity contribution in [2.75, 3.05) is 25.1 Å². The van der Waals surface area contributed by atoms with E-state index in [0.29, 0.717) is 23.5 Å². The number of carbonyl (C=O) groups excluding carboxylic acids is 1. The molecule has 1 aliphatic carbocycles. The molecule has 1 saturated heterocycles. The van der Waals surface area contributed by atoms with Crippen molar-refractivity contribution in [2.45, 2.75) is 63.8 Å². The molecule has 3 aromatic rings. The molecule has 0 unspecified atom stereocenters. The van der Waals surface area contributed by atoms with E-state index >= 15 is 0 Å². The second-order valence-electron chi connectivity index (χ2n) is 10.3. The fourth-order valence-electron chi connectivity index (χ4n) is 4.79. The average molecular weight is 491 g/mol. The summed E-state index contributed by atoms with van der Waals surface area (Å²) >= 11 is 0. The fourth-order valence-corrected chi connectivity index (χ4v) is 4.79. The fraction of sp³-hybridized carbons (Fsp3) is 0.464. The molecular weight excluding hydrogens is 456 g/mol. The van der Waals surface area contributed by atoms with E-state index < -0.39 is 12.0 Å². The number of aromatic nitrogens is 3. The van der Waals surface area contributed by atoms with Gasteiger partial charge in [0, 0.05) is 37.1 Å². The molecule has 190 valence electrons. The third kappa shape index (κ3) is 5.15. The van der Waals surface area contributed by atoms with Gasteiger partial charge in [0.2, 0.25) is 0 Å². The van der Waals surface area contributed by atoms with Crippen LogP contribution in [0.15, 0.2) is 42.7 Å². The van der Waals surface area contributed by atoms with Crippen LogP contribution in [0.2, 0.25) is 0 Å². The molecule has 2 fully saturated rings. The maximum absolute atomic E-state index is 12.4. The van der Waals surface area contributed by atoms with Crippen molar-refractivity contribution in [1.82, 2.24) is 14.8 Å². The van der Waals surface area contributed by atoms with Gasteiger partial charge in [0.05, 0.1) is 17.7 Å². The Balaban J connectivity index is 1.37. The van der Waals surface area contributed by atoms with E-state index in [1.54, 1.807) is 6.20 Å². The molecule has 1 aromatic carbocycles. The Morgan fingerprint density at radius 1 is 1.19 bits per heavy atom. The second-order valence-corrected chi connectivity index (χ2v) is 10.3. The van der Waals surface area contributed by atoms with Gasteiger partial charge in [-0.1, -0.05) is 6.07 Å². The van der Waals surface area contributed by atoms with Crippen LogP contribution in [-0.2, 0) is 14.9 Å². The van der Waals surface area contributed by atoms with Crippen molar-refractivity contribution >= 4 is 17.3 Å². The first kappa shape index (κ1) is 24.5. The zero-order chi connectivity index (χ0) is 25.3. The number of anilines is 2. The average Bonchev–Trinajstić information content (AvgIpc) is 3.65. The van der Waals surface area contributed by atoms with Gasteiger partial charge in [0.25, 0.3) is 0 Å². The number of aryl methyl sites for hydroxylation is 1. The number of aliphatic hydroxyl groups excluding tert-OH is 1. The van der Waals surface area contributed by atoms with Gasteiger partial charge < -0.3 is 19.9 Å². The van der Waals surface area contributed by atoms with Crippen molar-refractivity contribution in [3.05, 3.63) is 59.5 Å². The molecule has 8 heteroatoms. The first-order chi connectivity index (χ1) is 17.3. The van der Waals surface area contributed by atoms with E-state index in [0.717, 1.165) is 67.2 Å². The number of carbonyl (C=O) groups is 1. The highest BCUT2D eigenvalue weighted by Crippen LogP contribution is 2.40. The minimum atomic E-state index is -0.794. The Bertz CT molecular complexity index is 1240. The van der Waals surface area contributed by atoms with Crippen LogP contribution in [0.3, 0.4) is 0 Å². The predicted octanol–water partition coefficient (Wildman–Crippen LogP) is 5.19. The van der Waals surface area contributed by atoms with Crippen LogP contribution in [0.4, 0.5) is 11.5 Å². The molecular formula is C28H34N4O4. The molecule has 2 aliphatic rings. The van der Waals surface area contributed by atoms with Gasteiger partial charge in [0.1, 0.15) is 23.9 Å². The van der Waals surface area contributed by atoms with Crippen molar-refractivity contribution in [2.24, 2.45) is 0 Å². The number of aliphatic hydroxyl groups is 1. The standard InChI is InChI=1S/C28H34N4O4/c1-18-4-5-20(14-23(18)28(2,3)25(34)17-33)30-26-15-22(8-11-29-26)36-24-16-32(21-6-7-21)31-27(24)19-9-12-35-13-10-19/h4-5,8,11,14-16,19,21,33H,6-7,9-10,12-13,17H2,1-3H3,(H,29,30). The topological polar surface area (TPSA) is 98.5 Å². The van der Waals surface area contributed by atoms with Crippen LogP contribution in [0.5, 0.6) is 11.5 Å². The SMILES string of the molecule is Cc1ccc(Nc2cc(Oc3cn(C4CC4)nc3C3CCOCC3)ccn2)cc1C(C)(C)C(=O)CO. The minimum Gasteiger partial charge on any atom is -0.454 e. The number of benzene rings is 1. The summed E-state index contributed by atoms with van der Waals surface area (Å²) in [5.41, 5.74) is 2.88. The predicted molar refractivity (Wildman–Crippen MR) is 137 cm³/mol. The van der Waals surface area contributed by atoms with Crippen molar-refractivity contribution in [1.29, 1.82) is 0 Å². The Labute approximate surface area is 211 Å². The van der Waals surface area contributed by atoms with E-state index in [2.05, 4.69) is 15.0 Å². The zero-order valence-corrected chi connectivity index (χ0v) is 21.2.